The van der Waals surface area contributed by atoms with Crippen LogP contribution >= 0.6 is 0 Å². The van der Waals surface area contributed by atoms with Gasteiger partial charge < -0.3 is 44.3 Å². The molecule has 12 atom stereocenters. The highest BCUT2D eigenvalue weighted by atomic mass is 16.8. The fourth-order valence-electron chi connectivity index (χ4n) is 8.83. The number of hydrogen-bond donors (Lipinski definition) is 4. The first-order valence-electron chi connectivity index (χ1n) is 12.7. The molecule has 0 aromatic heterocycles. The summed E-state index contributed by atoms with van der Waals surface area (Å²) < 4.78 is 28.9. The van der Waals surface area contributed by atoms with Crippen molar-refractivity contribution in [3.63, 3.8) is 0 Å². The Morgan fingerprint density at radius 1 is 0.974 bits per heavy atom. The lowest BCUT2D eigenvalue weighted by atomic mass is 9.51. The Morgan fingerprint density at radius 3 is 2.18 bits per heavy atom. The van der Waals surface area contributed by atoms with Crippen LogP contribution in [0.4, 0.5) is 4.79 Å². The standard InChI is InChI=1S/C25H33NO12/c1-8-15(29)34-14-13(36-19(32)26-21(5,6)7)23-12-9(27)10(20(2,3)4)22(23)11(28)16(30)37-18(22)38-25(23,17(31)35-12)24(8,14)33/h8-14,18,27-28,33H,1-7H3,(H,26,32)/t8-,9-,10?,11+,12?,13+,14?,18?,22?,23?,24-,25?/m1/s1. The minimum Gasteiger partial charge on any atom is -0.456 e. The molecule has 13 heteroatoms. The lowest BCUT2D eigenvalue weighted by Gasteiger charge is -2.47. The molecule has 13 nitrogen and oxygen atoms in total. The maximum Gasteiger partial charge on any atom is 0.407 e. The fourth-order valence-corrected chi connectivity index (χ4v) is 8.83. The summed E-state index contributed by atoms with van der Waals surface area (Å²) >= 11 is 0. The molecular formula is C25H33NO12. The Labute approximate surface area is 218 Å². The van der Waals surface area contributed by atoms with Gasteiger partial charge in [-0.25, -0.2) is 14.4 Å². The molecule has 4 heterocycles. The predicted octanol–water partition coefficient (Wildman–Crippen LogP) is -0.866. The van der Waals surface area contributed by atoms with E-state index in [1.54, 1.807) is 41.5 Å². The summed E-state index contributed by atoms with van der Waals surface area (Å²) in [5.41, 5.74) is -10.6. The SMILES string of the molecule is C[C@@H]1C(=O)OC2[C@H](OC(=O)NC(C)(C)C)C34C5OC(=O)C3(OC3OC(=O)[C@H](O)C34C(C(C)(C)C)[C@H]5O)[C@]21O. The molecule has 4 aliphatic heterocycles. The Kier molecular flexibility index (Phi) is 4.61. The minimum absolute atomic E-state index is 0.770. The van der Waals surface area contributed by atoms with Crippen molar-refractivity contribution in [1.29, 1.82) is 0 Å². The van der Waals surface area contributed by atoms with Gasteiger partial charge in [-0.3, -0.25) is 4.79 Å². The number of amides is 1. The topological polar surface area (TPSA) is 187 Å². The molecule has 7 unspecified atom stereocenters. The molecule has 6 fully saturated rings. The van der Waals surface area contributed by atoms with E-state index in [0.717, 1.165) is 0 Å². The van der Waals surface area contributed by atoms with E-state index in [-0.39, 0.29) is 0 Å². The van der Waals surface area contributed by atoms with E-state index in [9.17, 15) is 34.5 Å². The van der Waals surface area contributed by atoms with E-state index in [1.807, 2.05) is 0 Å². The van der Waals surface area contributed by atoms with E-state index < -0.39 is 106 Å². The first-order chi connectivity index (χ1) is 17.3. The van der Waals surface area contributed by atoms with Crippen molar-refractivity contribution in [2.45, 2.75) is 102 Å². The van der Waals surface area contributed by atoms with Gasteiger partial charge in [-0.2, -0.15) is 0 Å². The smallest absolute Gasteiger partial charge is 0.407 e. The van der Waals surface area contributed by atoms with Gasteiger partial charge in [-0.1, -0.05) is 20.8 Å². The Morgan fingerprint density at radius 2 is 1.61 bits per heavy atom. The summed E-state index contributed by atoms with van der Waals surface area (Å²) in [5, 5.41) is 38.3. The quantitative estimate of drug-likeness (QED) is 0.239. The first kappa shape index (κ1) is 25.8. The summed E-state index contributed by atoms with van der Waals surface area (Å²) in [6.07, 6.45) is -10.9. The van der Waals surface area contributed by atoms with Crippen LogP contribution in [0.5, 0.6) is 0 Å². The third-order valence-corrected chi connectivity index (χ3v) is 9.63. The number of carbonyl (C=O) groups excluding carboxylic acids is 4. The second kappa shape index (κ2) is 6.80. The van der Waals surface area contributed by atoms with Gasteiger partial charge >= 0.3 is 24.0 Å². The lowest BCUT2D eigenvalue weighted by Crippen LogP contribution is -2.67. The highest BCUT2D eigenvalue weighted by Crippen LogP contribution is 2.84. The highest BCUT2D eigenvalue weighted by molar-refractivity contribution is 5.94. The minimum atomic E-state index is -2.49. The van der Waals surface area contributed by atoms with Crippen molar-refractivity contribution in [2.75, 3.05) is 0 Å². The van der Waals surface area contributed by atoms with Crippen molar-refractivity contribution in [3.8, 4) is 0 Å². The van der Waals surface area contributed by atoms with Gasteiger partial charge in [0.05, 0.1) is 17.4 Å². The highest BCUT2D eigenvalue weighted by Gasteiger charge is 3.06. The summed E-state index contributed by atoms with van der Waals surface area (Å²) in [6, 6.07) is 0. The molecule has 4 N–H and O–H groups in total. The molecule has 0 aromatic rings. The van der Waals surface area contributed by atoms with Gasteiger partial charge in [0.15, 0.2) is 23.9 Å². The number of esters is 3. The largest absolute Gasteiger partial charge is 0.456 e. The number of aliphatic hydroxyl groups excluding tert-OH is 2. The summed E-state index contributed by atoms with van der Waals surface area (Å²) in [5.74, 6) is -5.46. The third kappa shape index (κ3) is 2.29. The predicted molar refractivity (Wildman–Crippen MR) is 121 cm³/mol. The molecule has 2 spiro atoms. The molecule has 0 aromatic carbocycles. The molecule has 4 saturated heterocycles. The van der Waals surface area contributed by atoms with Crippen LogP contribution in [-0.2, 0) is 38.1 Å². The molecule has 2 saturated carbocycles. The second-order valence-electron chi connectivity index (χ2n) is 13.5. The zero-order valence-electron chi connectivity index (χ0n) is 22.1. The van der Waals surface area contributed by atoms with Gasteiger partial charge in [-0.05, 0) is 33.1 Å². The van der Waals surface area contributed by atoms with Crippen LogP contribution in [0, 0.1) is 28.1 Å². The average molecular weight is 540 g/mol. The van der Waals surface area contributed by atoms with E-state index in [4.69, 9.17) is 23.7 Å². The average Bonchev–Trinajstić information content (AvgIpc) is 3.45. The van der Waals surface area contributed by atoms with Crippen molar-refractivity contribution in [3.05, 3.63) is 0 Å². The van der Waals surface area contributed by atoms with Crippen LogP contribution in [0.25, 0.3) is 0 Å². The van der Waals surface area contributed by atoms with Crippen LogP contribution in [0.15, 0.2) is 0 Å². The zero-order valence-corrected chi connectivity index (χ0v) is 22.1. The van der Waals surface area contributed by atoms with E-state index >= 15 is 0 Å². The van der Waals surface area contributed by atoms with Crippen molar-refractivity contribution in [1.82, 2.24) is 5.32 Å². The molecule has 0 bridgehead atoms. The second-order valence-corrected chi connectivity index (χ2v) is 13.5. The first-order valence-corrected chi connectivity index (χ1v) is 12.7. The lowest BCUT2D eigenvalue weighted by molar-refractivity contribution is -0.240. The number of hydrogen-bond acceptors (Lipinski definition) is 12. The van der Waals surface area contributed by atoms with Crippen molar-refractivity contribution >= 4 is 24.0 Å². The Bertz CT molecular complexity index is 1170. The summed E-state index contributed by atoms with van der Waals surface area (Å²) in [4.78, 5) is 52.8. The summed E-state index contributed by atoms with van der Waals surface area (Å²) in [7, 11) is 0. The van der Waals surface area contributed by atoms with Crippen molar-refractivity contribution in [2.24, 2.45) is 28.1 Å². The van der Waals surface area contributed by atoms with E-state index in [1.165, 1.54) is 6.92 Å². The number of carbonyl (C=O) groups is 4. The number of nitrogens with one attached hydrogen (secondary N) is 1. The number of rotatable bonds is 1. The van der Waals surface area contributed by atoms with Gasteiger partial charge in [0, 0.05) is 11.5 Å². The molecule has 38 heavy (non-hydrogen) atoms. The Hall–Kier alpha value is -2.48. The van der Waals surface area contributed by atoms with Crippen molar-refractivity contribution < 1.29 is 58.2 Å². The number of fused-ring (bicyclic) bond motifs is 1. The third-order valence-electron chi connectivity index (χ3n) is 9.63. The molecule has 1 amide bonds. The summed E-state index contributed by atoms with van der Waals surface area (Å²) in [6.45, 7) is 11.7. The number of alkyl carbamates (subject to hydrolysis) is 1. The maximum absolute atomic E-state index is 13.9. The molecule has 6 rings (SSSR count). The van der Waals surface area contributed by atoms with Crippen LogP contribution in [0.3, 0.4) is 0 Å². The van der Waals surface area contributed by atoms with E-state index in [0.29, 0.717) is 0 Å². The van der Waals surface area contributed by atoms with Gasteiger partial charge in [0.25, 0.3) is 0 Å². The van der Waals surface area contributed by atoms with Gasteiger partial charge in [0.2, 0.25) is 11.9 Å². The number of ether oxygens (including phenoxy) is 5. The van der Waals surface area contributed by atoms with Gasteiger partial charge in [0.1, 0.15) is 11.5 Å². The van der Waals surface area contributed by atoms with Crippen LogP contribution in [0.2, 0.25) is 0 Å². The van der Waals surface area contributed by atoms with Crippen LogP contribution in [-0.4, -0.2) is 92.9 Å². The molecule has 0 radical (unpaired) electrons. The van der Waals surface area contributed by atoms with Gasteiger partial charge in [-0.15, -0.1) is 0 Å². The van der Waals surface area contributed by atoms with Crippen LogP contribution < -0.4 is 5.32 Å². The molecule has 6 aliphatic rings. The zero-order chi connectivity index (χ0) is 28.2. The maximum atomic E-state index is 13.9. The fraction of sp³-hybridized carbons (Fsp3) is 0.840. The number of aliphatic hydroxyl groups is 3. The molecule has 210 valence electrons. The van der Waals surface area contributed by atoms with E-state index in [2.05, 4.69) is 5.32 Å². The normalized spacial score (nSPS) is 52.1. The Balaban J connectivity index is 1.68. The van der Waals surface area contributed by atoms with Crippen LogP contribution in [0.1, 0.15) is 48.5 Å². The molecular weight excluding hydrogens is 506 g/mol. The molecule has 2 aliphatic carbocycles. The monoisotopic (exact) mass is 539 g/mol.